The number of hydrogen-bond acceptors (Lipinski definition) is 4. The van der Waals surface area contributed by atoms with Gasteiger partial charge in [0, 0.05) is 31.5 Å². The van der Waals surface area contributed by atoms with Crippen LogP contribution in [0.5, 0.6) is 0 Å². The predicted octanol–water partition coefficient (Wildman–Crippen LogP) is 1.79. The number of fused-ring (bicyclic) bond motifs is 2. The minimum absolute atomic E-state index is 0.0458. The van der Waals surface area contributed by atoms with E-state index in [9.17, 15) is 14.7 Å². The number of carbonyl (C=O) groups excluding carboxylic acids is 1. The van der Waals surface area contributed by atoms with Crippen LogP contribution in [0.2, 0.25) is 0 Å². The van der Waals surface area contributed by atoms with Gasteiger partial charge in [-0.15, -0.1) is 0 Å². The van der Waals surface area contributed by atoms with Crippen LogP contribution >= 0.6 is 0 Å². The number of carboxylic acid groups (broad SMARTS) is 1. The summed E-state index contributed by atoms with van der Waals surface area (Å²) in [6.45, 7) is 0.608. The van der Waals surface area contributed by atoms with Gasteiger partial charge in [-0.05, 0) is 44.9 Å². The maximum atomic E-state index is 12.9. The van der Waals surface area contributed by atoms with Crippen molar-refractivity contribution in [3.63, 3.8) is 0 Å². The monoisotopic (exact) mass is 347 g/mol. The average molecular weight is 347 g/mol. The summed E-state index contributed by atoms with van der Waals surface area (Å²) in [7, 11) is 1.87. The highest BCUT2D eigenvalue weighted by molar-refractivity contribution is 5.87. The largest absolute Gasteiger partial charge is 0.481 e. The summed E-state index contributed by atoms with van der Waals surface area (Å²) < 4.78 is 7.59. The molecular formula is C18H25N3O4. The Balaban J connectivity index is 1.41. The van der Waals surface area contributed by atoms with Crippen LogP contribution in [-0.2, 0) is 21.4 Å². The molecule has 136 valence electrons. The molecule has 4 rings (SSSR count). The van der Waals surface area contributed by atoms with E-state index < -0.39 is 16.8 Å². The van der Waals surface area contributed by atoms with Crippen LogP contribution in [0, 0.1) is 10.8 Å². The third-order valence-electron chi connectivity index (χ3n) is 6.49. The highest BCUT2D eigenvalue weighted by Gasteiger charge is 2.61. The zero-order valence-corrected chi connectivity index (χ0v) is 14.5. The van der Waals surface area contributed by atoms with E-state index in [-0.39, 0.29) is 18.1 Å². The first-order valence-corrected chi connectivity index (χ1v) is 9.07. The zero-order chi connectivity index (χ0) is 17.7. The Morgan fingerprint density at radius 3 is 2.64 bits per heavy atom. The third kappa shape index (κ3) is 2.74. The maximum Gasteiger partial charge on any atom is 0.309 e. The lowest BCUT2D eigenvalue weighted by Gasteiger charge is -2.33. The van der Waals surface area contributed by atoms with E-state index in [1.807, 2.05) is 19.4 Å². The van der Waals surface area contributed by atoms with Crippen molar-refractivity contribution in [3.05, 3.63) is 18.0 Å². The summed E-state index contributed by atoms with van der Waals surface area (Å²) >= 11 is 0. The minimum Gasteiger partial charge on any atom is -0.481 e. The molecule has 0 aromatic carbocycles. The Bertz CT molecular complexity index is 690. The Morgan fingerprint density at radius 2 is 2.04 bits per heavy atom. The molecule has 7 nitrogen and oxygen atoms in total. The molecule has 1 saturated heterocycles. The number of nitrogens with one attached hydrogen (secondary N) is 1. The zero-order valence-electron chi connectivity index (χ0n) is 14.5. The highest BCUT2D eigenvalue weighted by atomic mass is 16.5. The normalized spacial score (nSPS) is 37.2. The Labute approximate surface area is 146 Å². The van der Waals surface area contributed by atoms with Gasteiger partial charge in [0.05, 0.1) is 23.1 Å². The van der Waals surface area contributed by atoms with Gasteiger partial charge in [-0.2, -0.15) is 5.10 Å². The summed E-state index contributed by atoms with van der Waals surface area (Å²) in [5.41, 5.74) is -0.0996. The molecule has 2 heterocycles. The summed E-state index contributed by atoms with van der Waals surface area (Å²) in [6.07, 6.45) is 8.38. The fraction of sp³-hybridized carbons (Fsp3) is 0.722. The maximum absolute atomic E-state index is 12.9. The van der Waals surface area contributed by atoms with Crippen molar-refractivity contribution in [2.75, 3.05) is 6.61 Å². The molecule has 1 amide bonds. The molecule has 25 heavy (non-hydrogen) atoms. The Hall–Kier alpha value is -1.89. The molecule has 2 N–H and O–H groups in total. The Morgan fingerprint density at radius 1 is 1.32 bits per heavy atom. The smallest absolute Gasteiger partial charge is 0.309 e. The summed E-state index contributed by atoms with van der Waals surface area (Å²) in [6, 6.07) is 0.0706. The Kier molecular flexibility index (Phi) is 3.86. The number of aliphatic carboxylic acids is 1. The summed E-state index contributed by atoms with van der Waals surface area (Å²) in [5, 5.41) is 16.9. The van der Waals surface area contributed by atoms with Crippen LogP contribution in [0.3, 0.4) is 0 Å². The van der Waals surface area contributed by atoms with Crippen molar-refractivity contribution in [1.82, 2.24) is 15.1 Å². The number of rotatable bonds is 4. The quantitative estimate of drug-likeness (QED) is 0.866. The number of aryl methyl sites for hydroxylation is 1. The minimum atomic E-state index is -0.734. The third-order valence-corrected chi connectivity index (χ3v) is 6.49. The molecule has 7 heteroatoms. The van der Waals surface area contributed by atoms with E-state index in [0.717, 1.165) is 18.4 Å². The molecule has 2 bridgehead atoms. The van der Waals surface area contributed by atoms with Crippen LogP contribution in [0.25, 0.3) is 0 Å². The van der Waals surface area contributed by atoms with Crippen LogP contribution in [0.1, 0.15) is 56.6 Å². The molecule has 1 aromatic rings. The van der Waals surface area contributed by atoms with Crippen LogP contribution in [-0.4, -0.2) is 39.4 Å². The standard InChI is InChI=1S/C18H25N3O4/c1-21-10-12(9-19-21)14-8-13(2-7-25-14)20-15(22)17-3-5-18(11-17,6-4-17)16(23)24/h9-10,13-14H,2-8,11H2,1H3,(H,20,22)(H,23,24). The van der Waals surface area contributed by atoms with Crippen molar-refractivity contribution in [2.45, 2.75) is 57.1 Å². The molecule has 0 spiro atoms. The second kappa shape index (κ2) is 5.83. The second-order valence-corrected chi connectivity index (χ2v) is 8.04. The number of nitrogens with zero attached hydrogens (tertiary/aromatic N) is 2. The van der Waals surface area contributed by atoms with Crippen LogP contribution < -0.4 is 5.32 Å². The van der Waals surface area contributed by atoms with Gasteiger partial charge in [-0.25, -0.2) is 0 Å². The van der Waals surface area contributed by atoms with Gasteiger partial charge in [0.25, 0.3) is 0 Å². The molecule has 1 aromatic heterocycles. The van der Waals surface area contributed by atoms with Gasteiger partial charge >= 0.3 is 5.97 Å². The van der Waals surface area contributed by atoms with E-state index >= 15 is 0 Å². The number of amides is 1. The summed E-state index contributed by atoms with van der Waals surface area (Å²) in [5.74, 6) is -0.688. The van der Waals surface area contributed by atoms with Gasteiger partial charge in [-0.3, -0.25) is 14.3 Å². The van der Waals surface area contributed by atoms with Gasteiger partial charge in [0.15, 0.2) is 0 Å². The molecule has 2 aliphatic carbocycles. The van der Waals surface area contributed by atoms with Crippen LogP contribution in [0.15, 0.2) is 12.4 Å². The molecule has 0 radical (unpaired) electrons. The van der Waals surface area contributed by atoms with Crippen molar-refractivity contribution in [3.8, 4) is 0 Å². The average Bonchev–Trinajstić information content (AvgIpc) is 3.29. The van der Waals surface area contributed by atoms with E-state index in [0.29, 0.717) is 38.7 Å². The molecule has 2 unspecified atom stereocenters. The van der Waals surface area contributed by atoms with Gasteiger partial charge in [0.1, 0.15) is 0 Å². The number of aromatic nitrogens is 2. The SMILES string of the molecule is Cn1cc(C2CC(NC(=O)C34CCC(C(=O)O)(CC3)C4)CCO2)cn1. The molecule has 1 aliphatic heterocycles. The van der Waals surface area contributed by atoms with Gasteiger partial charge in [-0.1, -0.05) is 0 Å². The molecular weight excluding hydrogens is 322 g/mol. The first-order chi connectivity index (χ1) is 11.9. The molecule has 2 saturated carbocycles. The molecule has 3 fully saturated rings. The number of hydrogen-bond donors (Lipinski definition) is 2. The first-order valence-electron chi connectivity index (χ1n) is 9.07. The van der Waals surface area contributed by atoms with E-state index in [1.165, 1.54) is 0 Å². The van der Waals surface area contributed by atoms with Crippen molar-refractivity contribution in [2.24, 2.45) is 17.9 Å². The molecule has 2 atom stereocenters. The van der Waals surface area contributed by atoms with E-state index in [2.05, 4.69) is 10.4 Å². The lowest BCUT2D eigenvalue weighted by atomic mass is 9.81. The topological polar surface area (TPSA) is 93.5 Å². The van der Waals surface area contributed by atoms with E-state index in [1.54, 1.807) is 4.68 Å². The van der Waals surface area contributed by atoms with Crippen molar-refractivity contribution in [1.29, 1.82) is 0 Å². The summed E-state index contributed by atoms with van der Waals surface area (Å²) in [4.78, 5) is 24.5. The number of ether oxygens (including phenoxy) is 1. The second-order valence-electron chi connectivity index (χ2n) is 8.04. The lowest BCUT2D eigenvalue weighted by molar-refractivity contribution is -0.148. The van der Waals surface area contributed by atoms with Crippen molar-refractivity contribution < 1.29 is 19.4 Å². The fourth-order valence-electron chi connectivity index (χ4n) is 4.91. The number of carboxylic acids is 1. The number of carbonyl (C=O) groups is 2. The molecule has 3 aliphatic rings. The fourth-order valence-corrected chi connectivity index (χ4v) is 4.91. The first kappa shape index (κ1) is 16.6. The van der Waals surface area contributed by atoms with E-state index in [4.69, 9.17) is 4.74 Å². The predicted molar refractivity (Wildman–Crippen MR) is 88.7 cm³/mol. The lowest BCUT2D eigenvalue weighted by Crippen LogP contribution is -2.46. The highest BCUT2D eigenvalue weighted by Crippen LogP contribution is 2.61. The van der Waals surface area contributed by atoms with Gasteiger partial charge in [0.2, 0.25) is 5.91 Å². The van der Waals surface area contributed by atoms with Gasteiger partial charge < -0.3 is 15.2 Å². The van der Waals surface area contributed by atoms with Crippen LogP contribution in [0.4, 0.5) is 0 Å². The van der Waals surface area contributed by atoms with Crippen molar-refractivity contribution >= 4 is 11.9 Å².